The van der Waals surface area contributed by atoms with Gasteiger partial charge in [-0.3, -0.25) is 19.8 Å². The van der Waals surface area contributed by atoms with Crippen molar-refractivity contribution in [1.82, 2.24) is 10.2 Å². The summed E-state index contributed by atoms with van der Waals surface area (Å²) < 4.78 is 10.7. The van der Waals surface area contributed by atoms with E-state index in [4.69, 9.17) is 9.47 Å². The Balaban J connectivity index is 1.76. The van der Waals surface area contributed by atoms with Crippen LogP contribution in [0.25, 0.3) is 0 Å². The van der Waals surface area contributed by atoms with Crippen LogP contribution in [0.15, 0.2) is 36.4 Å². The fraction of sp³-hybridized carbons (Fsp3) is 0.435. The molecule has 1 N–H and O–H groups in total. The highest BCUT2D eigenvalue weighted by Gasteiger charge is 2.31. The summed E-state index contributed by atoms with van der Waals surface area (Å²) in [5.41, 5.74) is 1.96. The van der Waals surface area contributed by atoms with E-state index in [0.29, 0.717) is 18.9 Å². The van der Waals surface area contributed by atoms with E-state index < -0.39 is 10.8 Å². The van der Waals surface area contributed by atoms with Gasteiger partial charge in [-0.05, 0) is 38.3 Å². The maximum absolute atomic E-state index is 12.9. The lowest BCUT2D eigenvalue weighted by Gasteiger charge is -2.41. The van der Waals surface area contributed by atoms with Gasteiger partial charge in [0.05, 0.1) is 24.7 Å². The molecule has 1 aliphatic rings. The zero-order valence-corrected chi connectivity index (χ0v) is 18.4. The molecule has 1 amide bonds. The Labute approximate surface area is 182 Å². The number of carbonyl (C=O) groups excluding carboxylic acids is 1. The topological polar surface area (TPSA) is 93.9 Å². The number of hydrogen-bond donors (Lipinski definition) is 1. The van der Waals surface area contributed by atoms with E-state index in [1.165, 1.54) is 30.4 Å². The normalized spacial score (nSPS) is 13.9. The minimum Gasteiger partial charge on any atom is -0.493 e. The van der Waals surface area contributed by atoms with Gasteiger partial charge in [-0.15, -0.1) is 0 Å². The number of fused-ring (bicyclic) bond motifs is 1. The average Bonchev–Trinajstić information content (AvgIpc) is 2.77. The summed E-state index contributed by atoms with van der Waals surface area (Å²) in [4.78, 5) is 26.2. The van der Waals surface area contributed by atoms with E-state index in [-0.39, 0.29) is 22.5 Å². The van der Waals surface area contributed by atoms with Gasteiger partial charge in [0.15, 0.2) is 11.5 Å². The molecule has 31 heavy (non-hydrogen) atoms. The van der Waals surface area contributed by atoms with Crippen molar-refractivity contribution in [2.24, 2.45) is 0 Å². The summed E-state index contributed by atoms with van der Waals surface area (Å²) in [7, 11) is 1.40. The predicted octanol–water partition coefficient (Wildman–Crippen LogP) is 3.57. The minimum absolute atomic E-state index is 0.0472. The third kappa shape index (κ3) is 4.96. The van der Waals surface area contributed by atoms with Crippen LogP contribution in [0.1, 0.15) is 42.3 Å². The summed E-state index contributed by atoms with van der Waals surface area (Å²) in [6.45, 7) is 8.30. The predicted molar refractivity (Wildman–Crippen MR) is 118 cm³/mol. The molecular formula is C23H29N3O5. The maximum Gasteiger partial charge on any atom is 0.286 e. The van der Waals surface area contributed by atoms with Crippen LogP contribution in [0.4, 0.5) is 5.69 Å². The van der Waals surface area contributed by atoms with Crippen molar-refractivity contribution in [1.29, 1.82) is 0 Å². The number of ether oxygens (including phenoxy) is 2. The quantitative estimate of drug-likeness (QED) is 0.511. The van der Waals surface area contributed by atoms with Crippen LogP contribution in [0.2, 0.25) is 0 Å². The van der Waals surface area contributed by atoms with Gasteiger partial charge in [-0.1, -0.05) is 24.3 Å². The van der Waals surface area contributed by atoms with E-state index in [2.05, 4.69) is 42.3 Å². The third-order valence-corrected chi connectivity index (χ3v) is 5.69. The van der Waals surface area contributed by atoms with Gasteiger partial charge in [-0.25, -0.2) is 0 Å². The lowest BCUT2D eigenvalue weighted by Crippen LogP contribution is -2.53. The summed E-state index contributed by atoms with van der Waals surface area (Å²) >= 11 is 0. The number of nitrogens with one attached hydrogen (secondary N) is 1. The highest BCUT2D eigenvalue weighted by atomic mass is 16.6. The van der Waals surface area contributed by atoms with Crippen molar-refractivity contribution in [3.63, 3.8) is 0 Å². The fourth-order valence-electron chi connectivity index (χ4n) is 3.83. The van der Waals surface area contributed by atoms with Crippen LogP contribution in [-0.2, 0) is 13.0 Å². The molecule has 166 valence electrons. The first-order valence-electron chi connectivity index (χ1n) is 10.4. The number of amides is 1. The van der Waals surface area contributed by atoms with Gasteiger partial charge in [0.25, 0.3) is 11.6 Å². The van der Waals surface area contributed by atoms with Crippen molar-refractivity contribution in [2.45, 2.75) is 39.3 Å². The fourth-order valence-corrected chi connectivity index (χ4v) is 3.83. The molecule has 0 radical (unpaired) electrons. The second kappa shape index (κ2) is 9.34. The summed E-state index contributed by atoms with van der Waals surface area (Å²) in [6.07, 6.45) is 0.954. The first kappa shape index (κ1) is 22.6. The summed E-state index contributed by atoms with van der Waals surface area (Å²) in [5.74, 6) is 0.00542. The first-order chi connectivity index (χ1) is 14.8. The van der Waals surface area contributed by atoms with Crippen LogP contribution < -0.4 is 14.8 Å². The Bertz CT molecular complexity index is 974. The molecule has 8 heteroatoms. The van der Waals surface area contributed by atoms with Gasteiger partial charge in [0.1, 0.15) is 5.56 Å². The molecule has 0 saturated carbocycles. The van der Waals surface area contributed by atoms with Crippen LogP contribution in [0.3, 0.4) is 0 Å². The first-order valence-corrected chi connectivity index (χ1v) is 10.4. The number of benzene rings is 2. The monoisotopic (exact) mass is 427 g/mol. The Kier molecular flexibility index (Phi) is 6.80. The molecule has 0 bridgehead atoms. The molecule has 0 saturated heterocycles. The van der Waals surface area contributed by atoms with Crippen molar-refractivity contribution in [2.75, 3.05) is 26.8 Å². The number of rotatable bonds is 8. The number of carbonyl (C=O) groups is 1. The Morgan fingerprint density at radius 3 is 2.58 bits per heavy atom. The molecule has 0 aliphatic carbocycles. The summed E-state index contributed by atoms with van der Waals surface area (Å²) in [5, 5.41) is 14.4. The highest BCUT2D eigenvalue weighted by molar-refractivity contribution is 5.99. The molecular weight excluding hydrogens is 398 g/mol. The van der Waals surface area contributed by atoms with Gasteiger partial charge < -0.3 is 14.8 Å². The van der Waals surface area contributed by atoms with E-state index >= 15 is 0 Å². The standard InChI is InChI=1S/C23H29N3O5/c1-5-31-21-12-18(19(26(28)29)13-20(21)30-4)22(27)24-15-23(2,3)25-11-10-16-8-6-7-9-17(16)14-25/h6-9,12-13H,5,10-11,14-15H2,1-4H3,(H,24,27). The molecule has 1 aliphatic heterocycles. The van der Waals surface area contributed by atoms with E-state index in [9.17, 15) is 14.9 Å². The lowest BCUT2D eigenvalue weighted by molar-refractivity contribution is -0.385. The molecule has 0 atom stereocenters. The van der Waals surface area contributed by atoms with Gasteiger partial charge in [0.2, 0.25) is 0 Å². The number of methoxy groups -OCH3 is 1. The molecule has 8 nitrogen and oxygen atoms in total. The van der Waals surface area contributed by atoms with Crippen molar-refractivity contribution < 1.29 is 19.2 Å². The second-order valence-electron chi connectivity index (χ2n) is 8.15. The Morgan fingerprint density at radius 2 is 1.94 bits per heavy atom. The second-order valence-corrected chi connectivity index (χ2v) is 8.15. The Hall–Kier alpha value is -3.13. The van der Waals surface area contributed by atoms with Gasteiger partial charge >= 0.3 is 0 Å². The van der Waals surface area contributed by atoms with Gasteiger partial charge in [0, 0.05) is 31.2 Å². The highest BCUT2D eigenvalue weighted by Crippen LogP contribution is 2.35. The number of nitrogens with zero attached hydrogens (tertiary/aromatic N) is 2. The zero-order valence-electron chi connectivity index (χ0n) is 18.4. The molecule has 0 aromatic heterocycles. The van der Waals surface area contributed by atoms with Gasteiger partial charge in [-0.2, -0.15) is 0 Å². The van der Waals surface area contributed by atoms with Crippen LogP contribution in [0.5, 0.6) is 11.5 Å². The number of hydrogen-bond acceptors (Lipinski definition) is 6. The SMILES string of the molecule is CCOc1cc(C(=O)NCC(C)(C)N2CCc3ccccc3C2)c([N+](=O)[O-])cc1OC. The van der Waals surface area contributed by atoms with Crippen LogP contribution >= 0.6 is 0 Å². The molecule has 2 aromatic carbocycles. The molecule has 0 spiro atoms. The van der Waals surface area contributed by atoms with Crippen molar-refractivity contribution in [3.05, 3.63) is 63.2 Å². The van der Waals surface area contributed by atoms with Crippen LogP contribution in [-0.4, -0.2) is 48.1 Å². The maximum atomic E-state index is 12.9. The van der Waals surface area contributed by atoms with Crippen molar-refractivity contribution >= 4 is 11.6 Å². The molecule has 1 heterocycles. The van der Waals surface area contributed by atoms with E-state index in [0.717, 1.165) is 19.5 Å². The smallest absolute Gasteiger partial charge is 0.286 e. The van der Waals surface area contributed by atoms with Crippen molar-refractivity contribution in [3.8, 4) is 11.5 Å². The molecule has 2 aromatic rings. The molecule has 0 unspecified atom stereocenters. The molecule has 3 rings (SSSR count). The summed E-state index contributed by atoms with van der Waals surface area (Å²) in [6, 6.07) is 11.0. The van der Waals surface area contributed by atoms with E-state index in [1.54, 1.807) is 6.92 Å². The lowest BCUT2D eigenvalue weighted by atomic mass is 9.94. The molecule has 0 fully saturated rings. The number of nitro groups is 1. The van der Waals surface area contributed by atoms with Crippen LogP contribution in [0, 0.1) is 10.1 Å². The zero-order chi connectivity index (χ0) is 22.6. The minimum atomic E-state index is -0.583. The largest absolute Gasteiger partial charge is 0.493 e. The third-order valence-electron chi connectivity index (χ3n) is 5.69. The number of nitro benzene ring substituents is 1. The average molecular weight is 428 g/mol. The van der Waals surface area contributed by atoms with E-state index in [1.807, 2.05) is 6.07 Å². The Morgan fingerprint density at radius 1 is 1.23 bits per heavy atom.